The Morgan fingerprint density at radius 1 is 1.44 bits per heavy atom. The number of carbonyl (C=O) groups is 1. The fraction of sp³-hybridized carbons (Fsp3) is 0.167. The number of rotatable bonds is 4. The van der Waals surface area contributed by atoms with Gasteiger partial charge in [0, 0.05) is 12.2 Å². The Labute approximate surface area is 102 Å². The Kier molecular flexibility index (Phi) is 3.29. The van der Waals surface area contributed by atoms with E-state index in [-0.39, 0.29) is 12.1 Å². The average Bonchev–Trinajstić information content (AvgIpc) is 2.75. The highest BCUT2D eigenvalue weighted by atomic mass is 16.4. The van der Waals surface area contributed by atoms with Gasteiger partial charge in [-0.15, -0.1) is 0 Å². The van der Waals surface area contributed by atoms with Crippen molar-refractivity contribution in [2.45, 2.75) is 12.5 Å². The van der Waals surface area contributed by atoms with Gasteiger partial charge in [-0.2, -0.15) is 0 Å². The zero-order valence-corrected chi connectivity index (χ0v) is 9.51. The van der Waals surface area contributed by atoms with E-state index in [2.05, 4.69) is 9.97 Å². The van der Waals surface area contributed by atoms with Crippen LogP contribution in [-0.2, 0) is 4.79 Å². The summed E-state index contributed by atoms with van der Waals surface area (Å²) in [5.41, 5.74) is 7.65. The number of nitrogens with two attached hydrogens (primary N) is 1. The van der Waals surface area contributed by atoms with Crippen molar-refractivity contribution in [3.05, 3.63) is 46.5 Å². The van der Waals surface area contributed by atoms with Crippen molar-refractivity contribution in [3.63, 3.8) is 0 Å². The minimum absolute atomic E-state index is 0.132. The average molecular weight is 247 g/mol. The molecule has 18 heavy (non-hydrogen) atoms. The molecule has 0 bridgehead atoms. The first kappa shape index (κ1) is 12.1. The van der Waals surface area contributed by atoms with Gasteiger partial charge in [-0.3, -0.25) is 4.79 Å². The normalized spacial score (nSPS) is 12.3. The second kappa shape index (κ2) is 4.89. The van der Waals surface area contributed by atoms with Crippen LogP contribution in [0.3, 0.4) is 0 Å². The van der Waals surface area contributed by atoms with Crippen LogP contribution in [0.5, 0.6) is 0 Å². The van der Waals surface area contributed by atoms with Crippen LogP contribution in [-0.4, -0.2) is 21.0 Å². The first-order valence-electron chi connectivity index (χ1n) is 5.41. The van der Waals surface area contributed by atoms with Gasteiger partial charge in [-0.25, -0.2) is 4.79 Å². The maximum Gasteiger partial charge on any atom is 0.323 e. The van der Waals surface area contributed by atoms with E-state index in [4.69, 9.17) is 10.8 Å². The standard InChI is InChI=1S/C12H13N3O3/c13-9(5-11(16)17)7-2-1-3-8(4-7)10-6-14-12(18)15-10/h1-4,6,9H,5,13H2,(H,16,17)(H2,14,15,18). The molecule has 0 aliphatic rings. The third kappa shape index (κ3) is 2.67. The van der Waals surface area contributed by atoms with Crippen molar-refractivity contribution in [2.24, 2.45) is 5.73 Å². The zero-order chi connectivity index (χ0) is 13.1. The van der Waals surface area contributed by atoms with Crippen molar-refractivity contribution in [1.29, 1.82) is 0 Å². The molecule has 6 heteroatoms. The highest BCUT2D eigenvalue weighted by molar-refractivity contribution is 5.68. The van der Waals surface area contributed by atoms with Gasteiger partial charge in [-0.05, 0) is 17.2 Å². The number of nitrogens with one attached hydrogen (secondary N) is 2. The number of benzene rings is 1. The van der Waals surface area contributed by atoms with Gasteiger partial charge in [0.2, 0.25) is 0 Å². The van der Waals surface area contributed by atoms with Gasteiger partial charge in [0.15, 0.2) is 0 Å². The van der Waals surface area contributed by atoms with Gasteiger partial charge >= 0.3 is 11.7 Å². The van der Waals surface area contributed by atoms with Gasteiger partial charge in [0.25, 0.3) is 0 Å². The Morgan fingerprint density at radius 2 is 2.22 bits per heavy atom. The lowest BCUT2D eigenvalue weighted by molar-refractivity contribution is -0.137. The van der Waals surface area contributed by atoms with E-state index in [1.54, 1.807) is 24.4 Å². The molecule has 0 spiro atoms. The molecule has 1 unspecified atom stereocenters. The number of aromatic nitrogens is 2. The summed E-state index contributed by atoms with van der Waals surface area (Å²) in [7, 11) is 0. The van der Waals surface area contributed by atoms with Crippen LogP contribution in [0.1, 0.15) is 18.0 Å². The van der Waals surface area contributed by atoms with Crippen LogP contribution in [0.2, 0.25) is 0 Å². The number of carboxylic acid groups (broad SMARTS) is 1. The molecular weight excluding hydrogens is 234 g/mol. The van der Waals surface area contributed by atoms with E-state index < -0.39 is 12.0 Å². The highest BCUT2D eigenvalue weighted by Crippen LogP contribution is 2.21. The third-order valence-electron chi connectivity index (χ3n) is 2.62. The molecule has 0 aliphatic carbocycles. The summed E-state index contributed by atoms with van der Waals surface area (Å²) in [6.45, 7) is 0. The van der Waals surface area contributed by atoms with Crippen molar-refractivity contribution in [2.75, 3.05) is 0 Å². The molecule has 1 heterocycles. The number of aliphatic carboxylic acids is 1. The van der Waals surface area contributed by atoms with Crippen LogP contribution < -0.4 is 11.4 Å². The topological polar surface area (TPSA) is 112 Å². The molecule has 2 aromatic rings. The van der Waals surface area contributed by atoms with Crippen LogP contribution in [0, 0.1) is 0 Å². The van der Waals surface area contributed by atoms with E-state index in [0.29, 0.717) is 5.69 Å². The Morgan fingerprint density at radius 3 is 2.83 bits per heavy atom. The summed E-state index contributed by atoms with van der Waals surface area (Å²) in [4.78, 5) is 26.8. The van der Waals surface area contributed by atoms with Crippen molar-refractivity contribution >= 4 is 5.97 Å². The molecule has 0 aliphatic heterocycles. The predicted molar refractivity (Wildman–Crippen MR) is 66.0 cm³/mol. The molecule has 0 saturated heterocycles. The first-order valence-corrected chi connectivity index (χ1v) is 5.41. The lowest BCUT2D eigenvalue weighted by atomic mass is 10.0. The largest absolute Gasteiger partial charge is 0.481 e. The number of aromatic amines is 2. The summed E-state index contributed by atoms with van der Waals surface area (Å²) in [5, 5.41) is 8.70. The van der Waals surface area contributed by atoms with E-state index in [1.807, 2.05) is 6.07 Å². The van der Waals surface area contributed by atoms with Crippen LogP contribution >= 0.6 is 0 Å². The maximum absolute atomic E-state index is 11.0. The molecule has 1 aromatic carbocycles. The maximum atomic E-state index is 11.0. The van der Waals surface area contributed by atoms with Crippen LogP contribution in [0.25, 0.3) is 11.3 Å². The van der Waals surface area contributed by atoms with Gasteiger partial charge < -0.3 is 20.8 Å². The molecule has 6 nitrogen and oxygen atoms in total. The molecule has 1 atom stereocenters. The summed E-state index contributed by atoms with van der Waals surface area (Å²) in [5.74, 6) is -0.942. The fourth-order valence-electron chi connectivity index (χ4n) is 1.73. The minimum Gasteiger partial charge on any atom is -0.481 e. The number of hydrogen-bond donors (Lipinski definition) is 4. The summed E-state index contributed by atoms with van der Waals surface area (Å²) < 4.78 is 0. The third-order valence-corrected chi connectivity index (χ3v) is 2.62. The number of carboxylic acids is 1. The fourth-order valence-corrected chi connectivity index (χ4v) is 1.73. The van der Waals surface area contributed by atoms with Crippen LogP contribution in [0.15, 0.2) is 35.3 Å². The second-order valence-electron chi connectivity index (χ2n) is 3.99. The molecule has 2 rings (SSSR count). The Hall–Kier alpha value is -2.34. The molecule has 0 radical (unpaired) electrons. The molecule has 0 fully saturated rings. The summed E-state index contributed by atoms with van der Waals surface area (Å²) >= 11 is 0. The molecular formula is C12H13N3O3. The van der Waals surface area contributed by atoms with E-state index in [0.717, 1.165) is 11.1 Å². The minimum atomic E-state index is -0.942. The predicted octanol–water partition coefficient (Wildman–Crippen LogP) is 0.844. The Bertz CT molecular complexity index is 615. The second-order valence-corrected chi connectivity index (χ2v) is 3.99. The number of hydrogen-bond acceptors (Lipinski definition) is 3. The van der Waals surface area contributed by atoms with Gasteiger partial charge in [-0.1, -0.05) is 18.2 Å². The van der Waals surface area contributed by atoms with E-state index >= 15 is 0 Å². The molecule has 0 saturated carbocycles. The van der Waals surface area contributed by atoms with Gasteiger partial charge in [0.1, 0.15) is 0 Å². The zero-order valence-electron chi connectivity index (χ0n) is 9.51. The summed E-state index contributed by atoms with van der Waals surface area (Å²) in [6.07, 6.45) is 1.43. The summed E-state index contributed by atoms with van der Waals surface area (Å²) in [6, 6.07) is 6.57. The van der Waals surface area contributed by atoms with E-state index in [9.17, 15) is 9.59 Å². The molecule has 94 valence electrons. The molecule has 1 aromatic heterocycles. The van der Waals surface area contributed by atoms with Crippen molar-refractivity contribution < 1.29 is 9.90 Å². The lowest BCUT2D eigenvalue weighted by Crippen LogP contribution is -2.14. The lowest BCUT2D eigenvalue weighted by Gasteiger charge is -2.10. The highest BCUT2D eigenvalue weighted by Gasteiger charge is 2.11. The smallest absolute Gasteiger partial charge is 0.323 e. The number of H-pyrrole nitrogens is 2. The monoisotopic (exact) mass is 247 g/mol. The van der Waals surface area contributed by atoms with Crippen molar-refractivity contribution in [3.8, 4) is 11.3 Å². The Balaban J connectivity index is 2.30. The first-order chi connectivity index (χ1) is 8.56. The van der Waals surface area contributed by atoms with E-state index in [1.165, 1.54) is 0 Å². The van der Waals surface area contributed by atoms with Crippen LogP contribution in [0.4, 0.5) is 0 Å². The number of imidazole rings is 1. The quantitative estimate of drug-likeness (QED) is 0.641. The van der Waals surface area contributed by atoms with Crippen molar-refractivity contribution in [1.82, 2.24) is 9.97 Å². The molecule has 5 N–H and O–H groups in total. The SMILES string of the molecule is NC(CC(=O)O)c1cccc(-c2c[nH]c(=O)[nH]2)c1. The van der Waals surface area contributed by atoms with Gasteiger partial charge in [0.05, 0.1) is 12.1 Å². The molecule has 0 amide bonds.